The number of morpholine rings is 1. The van der Waals surface area contributed by atoms with Crippen molar-refractivity contribution in [2.24, 2.45) is 5.41 Å². The second-order valence-electron chi connectivity index (χ2n) is 7.74. The van der Waals surface area contributed by atoms with Crippen LogP contribution in [0.4, 0.5) is 0 Å². The van der Waals surface area contributed by atoms with Gasteiger partial charge in [-0.15, -0.1) is 0 Å². The molecule has 1 aromatic carbocycles. The average molecular weight is 341 g/mol. The van der Waals surface area contributed by atoms with Gasteiger partial charge in [-0.25, -0.2) is 0 Å². The van der Waals surface area contributed by atoms with Crippen LogP contribution in [-0.2, 0) is 16.1 Å². The fourth-order valence-corrected chi connectivity index (χ4v) is 3.90. The number of rotatable bonds is 3. The number of piperidine rings is 1. The maximum atomic E-state index is 13.0. The standard InChI is InChI=1S/C20H27N3O2/c1-20(2)9-6-10-23(18(20)13-21)19(24)17-15-22(11-12-25-17)14-16-7-4-3-5-8-16/h3-5,7-8,17-18H,6,9-12,14-15H2,1-2H3. The Kier molecular flexibility index (Phi) is 5.41. The third-order valence-corrected chi connectivity index (χ3v) is 5.35. The Morgan fingerprint density at radius 3 is 2.80 bits per heavy atom. The Morgan fingerprint density at radius 2 is 2.08 bits per heavy atom. The molecule has 2 fully saturated rings. The molecule has 0 aliphatic carbocycles. The normalized spacial score (nSPS) is 26.8. The van der Waals surface area contributed by atoms with Crippen LogP contribution in [0.15, 0.2) is 30.3 Å². The van der Waals surface area contributed by atoms with E-state index in [1.807, 2.05) is 18.2 Å². The molecule has 5 heteroatoms. The molecule has 0 aromatic heterocycles. The summed E-state index contributed by atoms with van der Waals surface area (Å²) in [5.74, 6) is -0.0305. The van der Waals surface area contributed by atoms with Crippen LogP contribution in [0.2, 0.25) is 0 Å². The lowest BCUT2D eigenvalue weighted by Gasteiger charge is -2.44. The van der Waals surface area contributed by atoms with Crippen LogP contribution >= 0.6 is 0 Å². The number of amides is 1. The molecule has 25 heavy (non-hydrogen) atoms. The molecule has 2 heterocycles. The topological polar surface area (TPSA) is 56.6 Å². The minimum atomic E-state index is -0.470. The lowest BCUT2D eigenvalue weighted by Crippen LogP contribution is -2.57. The number of hydrogen-bond donors (Lipinski definition) is 0. The summed E-state index contributed by atoms with van der Waals surface area (Å²) in [6.45, 7) is 7.58. The summed E-state index contributed by atoms with van der Waals surface area (Å²) in [5.41, 5.74) is 1.07. The Labute approximate surface area is 150 Å². The van der Waals surface area contributed by atoms with Gasteiger partial charge in [-0.2, -0.15) is 5.26 Å². The maximum absolute atomic E-state index is 13.0. The van der Waals surface area contributed by atoms with Crippen molar-refractivity contribution in [1.82, 2.24) is 9.80 Å². The Bertz CT molecular complexity index is 638. The highest BCUT2D eigenvalue weighted by Crippen LogP contribution is 2.35. The van der Waals surface area contributed by atoms with E-state index in [2.05, 4.69) is 36.9 Å². The van der Waals surface area contributed by atoms with Crippen LogP contribution in [0.5, 0.6) is 0 Å². The maximum Gasteiger partial charge on any atom is 0.254 e. The summed E-state index contributed by atoms with van der Waals surface area (Å²) < 4.78 is 5.78. The van der Waals surface area contributed by atoms with Crippen molar-refractivity contribution in [2.45, 2.75) is 45.4 Å². The minimum absolute atomic E-state index is 0.0305. The van der Waals surface area contributed by atoms with Gasteiger partial charge in [-0.3, -0.25) is 9.69 Å². The first kappa shape index (κ1) is 17.9. The first-order chi connectivity index (χ1) is 12.0. The monoisotopic (exact) mass is 341 g/mol. The van der Waals surface area contributed by atoms with E-state index in [0.29, 0.717) is 19.7 Å². The van der Waals surface area contributed by atoms with Gasteiger partial charge in [0, 0.05) is 26.2 Å². The van der Waals surface area contributed by atoms with E-state index in [4.69, 9.17) is 4.74 Å². The molecular weight excluding hydrogens is 314 g/mol. The Hall–Kier alpha value is -1.90. The third-order valence-electron chi connectivity index (χ3n) is 5.35. The summed E-state index contributed by atoms with van der Waals surface area (Å²) in [7, 11) is 0. The number of hydrogen-bond acceptors (Lipinski definition) is 4. The zero-order chi connectivity index (χ0) is 17.9. The van der Waals surface area contributed by atoms with Crippen LogP contribution in [0.1, 0.15) is 32.3 Å². The molecular formula is C20H27N3O2. The molecule has 0 spiro atoms. The van der Waals surface area contributed by atoms with Gasteiger partial charge in [0.1, 0.15) is 12.1 Å². The van der Waals surface area contributed by atoms with E-state index in [1.165, 1.54) is 5.56 Å². The second kappa shape index (κ2) is 7.55. The molecule has 2 aliphatic heterocycles. The zero-order valence-corrected chi connectivity index (χ0v) is 15.1. The smallest absolute Gasteiger partial charge is 0.254 e. The van der Waals surface area contributed by atoms with E-state index in [-0.39, 0.29) is 17.4 Å². The van der Waals surface area contributed by atoms with Crippen molar-refractivity contribution in [3.63, 3.8) is 0 Å². The fraction of sp³-hybridized carbons (Fsp3) is 0.600. The highest BCUT2D eigenvalue weighted by Gasteiger charge is 2.42. The molecule has 2 unspecified atom stereocenters. The van der Waals surface area contributed by atoms with E-state index in [1.54, 1.807) is 4.90 Å². The number of nitrogens with zero attached hydrogens (tertiary/aromatic N) is 3. The van der Waals surface area contributed by atoms with Crippen molar-refractivity contribution in [3.8, 4) is 6.07 Å². The molecule has 1 amide bonds. The van der Waals surface area contributed by atoms with Gasteiger partial charge >= 0.3 is 0 Å². The number of nitriles is 1. The Morgan fingerprint density at radius 1 is 1.32 bits per heavy atom. The number of ether oxygens (including phenoxy) is 1. The first-order valence-electron chi connectivity index (χ1n) is 9.09. The highest BCUT2D eigenvalue weighted by atomic mass is 16.5. The average Bonchev–Trinajstić information content (AvgIpc) is 2.61. The van der Waals surface area contributed by atoms with E-state index < -0.39 is 6.10 Å². The summed E-state index contributed by atoms with van der Waals surface area (Å²) in [5, 5.41) is 9.60. The predicted molar refractivity (Wildman–Crippen MR) is 95.6 cm³/mol. The van der Waals surface area contributed by atoms with Crippen LogP contribution < -0.4 is 0 Å². The van der Waals surface area contributed by atoms with Gasteiger partial charge in [0.05, 0.1) is 12.7 Å². The summed E-state index contributed by atoms with van der Waals surface area (Å²) >= 11 is 0. The molecule has 2 atom stereocenters. The number of carbonyl (C=O) groups excluding carboxylic acids is 1. The largest absolute Gasteiger partial charge is 0.366 e. The number of carbonyl (C=O) groups is 1. The van der Waals surface area contributed by atoms with Gasteiger partial charge in [0.2, 0.25) is 0 Å². The highest BCUT2D eigenvalue weighted by molar-refractivity contribution is 5.82. The molecule has 0 saturated carbocycles. The van der Waals surface area contributed by atoms with Gasteiger partial charge in [-0.05, 0) is 23.8 Å². The zero-order valence-electron chi connectivity index (χ0n) is 15.1. The van der Waals surface area contributed by atoms with E-state index in [9.17, 15) is 10.1 Å². The van der Waals surface area contributed by atoms with Gasteiger partial charge in [0.25, 0.3) is 5.91 Å². The SMILES string of the molecule is CC1(C)CCCN(C(=O)C2CN(Cc3ccccc3)CCO2)C1C#N. The van der Waals surface area contributed by atoms with Crippen LogP contribution in [0.25, 0.3) is 0 Å². The Balaban J connectivity index is 1.66. The van der Waals surface area contributed by atoms with Crippen molar-refractivity contribution >= 4 is 5.91 Å². The molecule has 0 radical (unpaired) electrons. The molecule has 2 saturated heterocycles. The van der Waals surface area contributed by atoms with E-state index in [0.717, 1.165) is 25.9 Å². The van der Waals surface area contributed by atoms with Crippen LogP contribution in [-0.4, -0.2) is 54.1 Å². The fourth-order valence-electron chi connectivity index (χ4n) is 3.90. The van der Waals surface area contributed by atoms with Crippen LogP contribution in [0.3, 0.4) is 0 Å². The lowest BCUT2D eigenvalue weighted by atomic mass is 9.77. The van der Waals surface area contributed by atoms with Crippen molar-refractivity contribution in [2.75, 3.05) is 26.2 Å². The molecule has 2 aliphatic rings. The van der Waals surface area contributed by atoms with Gasteiger partial charge in [-0.1, -0.05) is 44.2 Å². The molecule has 0 bridgehead atoms. The third kappa shape index (κ3) is 4.02. The minimum Gasteiger partial charge on any atom is -0.366 e. The molecule has 134 valence electrons. The predicted octanol–water partition coefficient (Wildman–Crippen LogP) is 2.43. The second-order valence-corrected chi connectivity index (χ2v) is 7.74. The van der Waals surface area contributed by atoms with Crippen molar-refractivity contribution in [1.29, 1.82) is 5.26 Å². The molecule has 5 nitrogen and oxygen atoms in total. The van der Waals surface area contributed by atoms with E-state index >= 15 is 0 Å². The number of benzene rings is 1. The summed E-state index contributed by atoms with van der Waals surface area (Å²) in [6, 6.07) is 12.3. The summed E-state index contributed by atoms with van der Waals surface area (Å²) in [4.78, 5) is 17.0. The molecule has 0 N–H and O–H groups in total. The van der Waals surface area contributed by atoms with Crippen molar-refractivity contribution < 1.29 is 9.53 Å². The summed E-state index contributed by atoms with van der Waals surface area (Å²) in [6.07, 6.45) is 1.44. The molecule has 3 rings (SSSR count). The van der Waals surface area contributed by atoms with Gasteiger partial charge in [0.15, 0.2) is 0 Å². The number of likely N-dealkylation sites (tertiary alicyclic amines) is 1. The van der Waals surface area contributed by atoms with Gasteiger partial charge < -0.3 is 9.64 Å². The first-order valence-corrected chi connectivity index (χ1v) is 9.09. The quantitative estimate of drug-likeness (QED) is 0.847. The van der Waals surface area contributed by atoms with Crippen molar-refractivity contribution in [3.05, 3.63) is 35.9 Å². The lowest BCUT2D eigenvalue weighted by molar-refractivity contribution is -0.155. The molecule has 1 aromatic rings. The van der Waals surface area contributed by atoms with Crippen LogP contribution in [0, 0.1) is 16.7 Å².